The minimum absolute atomic E-state index is 0.250. The van der Waals surface area contributed by atoms with Crippen LogP contribution in [0.4, 0.5) is 0 Å². The van der Waals surface area contributed by atoms with Crippen LogP contribution in [0.5, 0.6) is 0 Å². The summed E-state index contributed by atoms with van der Waals surface area (Å²) in [5.74, 6) is 0.303. The maximum atomic E-state index is 8.77. The summed E-state index contributed by atoms with van der Waals surface area (Å²) in [6, 6.07) is 7.94. The molecule has 2 rings (SSSR count). The van der Waals surface area contributed by atoms with Gasteiger partial charge in [-0.2, -0.15) is 0 Å². The van der Waals surface area contributed by atoms with E-state index in [0.717, 1.165) is 24.0 Å². The molecule has 0 atom stereocenters. The summed E-state index contributed by atoms with van der Waals surface area (Å²) in [6.45, 7) is 3.77. The van der Waals surface area contributed by atoms with Crippen molar-refractivity contribution >= 4 is 11.9 Å². The van der Waals surface area contributed by atoms with Crippen LogP contribution in [0.1, 0.15) is 24.0 Å². The molecule has 1 aromatic carbocycles. The SMILES string of the molecule is C=Cc1ccccc1C1(/C(N)=N/O)CC1. The molecule has 3 heteroatoms. The fourth-order valence-electron chi connectivity index (χ4n) is 1.99. The largest absolute Gasteiger partial charge is 0.409 e. The Morgan fingerprint density at radius 2 is 2.13 bits per heavy atom. The first-order chi connectivity index (χ1) is 7.24. The van der Waals surface area contributed by atoms with Crippen molar-refractivity contribution in [3.05, 3.63) is 42.0 Å². The normalized spacial score (nSPS) is 18.5. The average molecular weight is 202 g/mol. The Balaban J connectivity index is 2.50. The van der Waals surface area contributed by atoms with E-state index in [1.54, 1.807) is 6.08 Å². The minimum Gasteiger partial charge on any atom is -0.409 e. The lowest BCUT2D eigenvalue weighted by molar-refractivity contribution is 0.315. The molecule has 0 heterocycles. The number of nitrogens with two attached hydrogens (primary N) is 1. The minimum atomic E-state index is -0.250. The molecule has 3 N–H and O–H groups in total. The quantitative estimate of drug-likeness (QED) is 0.341. The zero-order chi connectivity index (χ0) is 10.9. The van der Waals surface area contributed by atoms with Crippen molar-refractivity contribution in [2.75, 3.05) is 0 Å². The van der Waals surface area contributed by atoms with Gasteiger partial charge in [0.15, 0.2) is 0 Å². The summed E-state index contributed by atoms with van der Waals surface area (Å²) in [6.07, 6.45) is 3.68. The molecule has 1 aliphatic carbocycles. The van der Waals surface area contributed by atoms with Gasteiger partial charge in [-0.25, -0.2) is 0 Å². The second kappa shape index (κ2) is 3.42. The number of rotatable bonds is 3. The highest BCUT2D eigenvalue weighted by Crippen LogP contribution is 2.49. The van der Waals surface area contributed by atoms with Gasteiger partial charge in [0.25, 0.3) is 0 Å². The Hall–Kier alpha value is -1.77. The highest BCUT2D eigenvalue weighted by atomic mass is 16.4. The lowest BCUT2D eigenvalue weighted by Gasteiger charge is -2.16. The van der Waals surface area contributed by atoms with E-state index in [2.05, 4.69) is 11.7 Å². The predicted molar refractivity (Wildman–Crippen MR) is 60.9 cm³/mol. The number of oxime groups is 1. The van der Waals surface area contributed by atoms with Crippen LogP contribution in [0.2, 0.25) is 0 Å². The molecular weight excluding hydrogens is 188 g/mol. The molecule has 0 spiro atoms. The van der Waals surface area contributed by atoms with Crippen molar-refractivity contribution in [2.24, 2.45) is 10.9 Å². The lowest BCUT2D eigenvalue weighted by atomic mass is 9.90. The third kappa shape index (κ3) is 1.40. The maximum absolute atomic E-state index is 8.77. The average Bonchev–Trinajstić information content (AvgIpc) is 3.09. The topological polar surface area (TPSA) is 58.6 Å². The van der Waals surface area contributed by atoms with Crippen molar-refractivity contribution in [2.45, 2.75) is 18.3 Å². The predicted octanol–water partition coefficient (Wildman–Crippen LogP) is 2.11. The Morgan fingerprint density at radius 3 is 2.67 bits per heavy atom. The molecular formula is C12H14N2O. The fraction of sp³-hybridized carbons (Fsp3) is 0.250. The first-order valence-corrected chi connectivity index (χ1v) is 4.94. The van der Waals surface area contributed by atoms with E-state index in [4.69, 9.17) is 10.9 Å². The van der Waals surface area contributed by atoms with Gasteiger partial charge in [0.05, 0.1) is 5.41 Å². The highest BCUT2D eigenvalue weighted by molar-refractivity contribution is 5.95. The fourth-order valence-corrected chi connectivity index (χ4v) is 1.99. The van der Waals surface area contributed by atoms with E-state index >= 15 is 0 Å². The molecule has 1 fully saturated rings. The highest BCUT2D eigenvalue weighted by Gasteiger charge is 2.49. The monoisotopic (exact) mass is 202 g/mol. The third-order valence-electron chi connectivity index (χ3n) is 3.04. The second-order valence-corrected chi connectivity index (χ2v) is 3.86. The van der Waals surface area contributed by atoms with Crippen molar-refractivity contribution in [1.82, 2.24) is 0 Å². The molecule has 0 saturated heterocycles. The van der Waals surface area contributed by atoms with Crippen LogP contribution < -0.4 is 5.73 Å². The van der Waals surface area contributed by atoms with Gasteiger partial charge in [-0.1, -0.05) is 42.1 Å². The summed E-state index contributed by atoms with van der Waals surface area (Å²) >= 11 is 0. The summed E-state index contributed by atoms with van der Waals surface area (Å²) in [5.41, 5.74) is 7.65. The molecule has 0 unspecified atom stereocenters. The van der Waals surface area contributed by atoms with Crippen LogP contribution in [-0.2, 0) is 5.41 Å². The molecule has 0 radical (unpaired) electrons. The lowest BCUT2D eigenvalue weighted by Crippen LogP contribution is -2.29. The number of benzene rings is 1. The Morgan fingerprint density at radius 1 is 1.47 bits per heavy atom. The molecule has 1 aliphatic rings. The molecule has 0 amide bonds. The van der Waals surface area contributed by atoms with E-state index in [0.29, 0.717) is 5.84 Å². The smallest absolute Gasteiger partial charge is 0.149 e. The maximum Gasteiger partial charge on any atom is 0.149 e. The molecule has 0 aliphatic heterocycles. The molecule has 3 nitrogen and oxygen atoms in total. The van der Waals surface area contributed by atoms with E-state index in [-0.39, 0.29) is 5.41 Å². The van der Waals surface area contributed by atoms with Gasteiger partial charge < -0.3 is 10.9 Å². The van der Waals surface area contributed by atoms with E-state index in [1.165, 1.54) is 0 Å². The van der Waals surface area contributed by atoms with Crippen LogP contribution in [0, 0.1) is 0 Å². The van der Waals surface area contributed by atoms with E-state index in [9.17, 15) is 0 Å². The zero-order valence-electron chi connectivity index (χ0n) is 8.48. The second-order valence-electron chi connectivity index (χ2n) is 3.86. The molecule has 0 aromatic heterocycles. The van der Waals surface area contributed by atoms with Crippen molar-refractivity contribution in [1.29, 1.82) is 0 Å². The van der Waals surface area contributed by atoms with Crippen LogP contribution in [-0.4, -0.2) is 11.0 Å². The standard InChI is InChI=1S/C12H14N2O/c1-2-9-5-3-4-6-10(9)12(7-8-12)11(13)14-15/h2-6,15H,1,7-8H2,(H2,13,14). The Bertz CT molecular complexity index is 419. The van der Waals surface area contributed by atoms with Gasteiger partial charge in [0.1, 0.15) is 5.84 Å². The van der Waals surface area contributed by atoms with Crippen molar-refractivity contribution in [3.63, 3.8) is 0 Å². The molecule has 0 bridgehead atoms. The van der Waals surface area contributed by atoms with E-state index in [1.807, 2.05) is 24.3 Å². The zero-order valence-corrected chi connectivity index (χ0v) is 8.48. The van der Waals surface area contributed by atoms with Gasteiger partial charge in [-0.15, -0.1) is 0 Å². The van der Waals surface area contributed by atoms with Crippen LogP contribution in [0.3, 0.4) is 0 Å². The molecule has 78 valence electrons. The summed E-state index contributed by atoms with van der Waals surface area (Å²) < 4.78 is 0. The summed E-state index contributed by atoms with van der Waals surface area (Å²) in [7, 11) is 0. The van der Waals surface area contributed by atoms with Crippen LogP contribution in [0.15, 0.2) is 36.0 Å². The number of hydrogen-bond acceptors (Lipinski definition) is 2. The van der Waals surface area contributed by atoms with Crippen molar-refractivity contribution < 1.29 is 5.21 Å². The Kier molecular flexibility index (Phi) is 2.23. The first-order valence-electron chi connectivity index (χ1n) is 4.94. The molecule has 1 aromatic rings. The number of amidine groups is 1. The van der Waals surface area contributed by atoms with Crippen LogP contribution in [0.25, 0.3) is 6.08 Å². The van der Waals surface area contributed by atoms with Gasteiger partial charge in [-0.3, -0.25) is 0 Å². The summed E-state index contributed by atoms with van der Waals surface area (Å²) in [5, 5.41) is 11.9. The van der Waals surface area contributed by atoms with Crippen molar-refractivity contribution in [3.8, 4) is 0 Å². The van der Waals surface area contributed by atoms with Gasteiger partial charge in [-0.05, 0) is 24.0 Å². The molecule has 15 heavy (non-hydrogen) atoms. The number of nitrogens with zero attached hydrogens (tertiary/aromatic N) is 1. The summed E-state index contributed by atoms with van der Waals surface area (Å²) in [4.78, 5) is 0. The first kappa shape index (κ1) is 9.77. The van der Waals surface area contributed by atoms with E-state index < -0.39 is 0 Å². The molecule has 1 saturated carbocycles. The number of hydrogen-bond donors (Lipinski definition) is 2. The Labute approximate surface area is 88.9 Å². The third-order valence-corrected chi connectivity index (χ3v) is 3.04. The van der Waals surface area contributed by atoms with Gasteiger partial charge >= 0.3 is 0 Å². The van der Waals surface area contributed by atoms with Gasteiger partial charge in [0, 0.05) is 0 Å². The van der Waals surface area contributed by atoms with Crippen LogP contribution >= 0.6 is 0 Å². The van der Waals surface area contributed by atoms with Gasteiger partial charge in [0.2, 0.25) is 0 Å².